The summed E-state index contributed by atoms with van der Waals surface area (Å²) in [6, 6.07) is 1.64. The Morgan fingerprint density at radius 1 is 1.42 bits per heavy atom. The van der Waals surface area contributed by atoms with Crippen molar-refractivity contribution >= 4 is 11.9 Å². The molecule has 2 aliphatic rings. The first-order valence-electron chi connectivity index (χ1n) is 8.19. The second-order valence-electron chi connectivity index (χ2n) is 6.63. The molecule has 1 aromatic rings. The van der Waals surface area contributed by atoms with Crippen LogP contribution in [0.2, 0.25) is 0 Å². The Bertz CT molecular complexity index is 636. The molecule has 24 heavy (non-hydrogen) atoms. The molecule has 0 aliphatic carbocycles. The Morgan fingerprint density at radius 2 is 2.25 bits per heavy atom. The summed E-state index contributed by atoms with van der Waals surface area (Å²) < 4.78 is 0. The largest absolute Gasteiger partial charge is 0.481 e. The molecule has 3 rings (SSSR count). The molecule has 0 bridgehead atoms. The maximum atomic E-state index is 12.7. The Labute approximate surface area is 141 Å². The van der Waals surface area contributed by atoms with Gasteiger partial charge in [-0.1, -0.05) is 6.08 Å². The molecule has 2 fully saturated rings. The van der Waals surface area contributed by atoms with Gasteiger partial charge in [0.25, 0.3) is 5.91 Å². The number of carboxylic acid groups (broad SMARTS) is 1. The van der Waals surface area contributed by atoms with Crippen LogP contribution in [0, 0.1) is 11.3 Å². The van der Waals surface area contributed by atoms with Crippen LogP contribution in [0.3, 0.4) is 0 Å². The molecule has 7 heteroatoms. The van der Waals surface area contributed by atoms with Crippen LogP contribution >= 0.6 is 0 Å². The van der Waals surface area contributed by atoms with Gasteiger partial charge in [0.2, 0.25) is 0 Å². The quantitative estimate of drug-likeness (QED) is 0.826. The van der Waals surface area contributed by atoms with Crippen LogP contribution in [0.4, 0.5) is 0 Å². The number of aliphatic carboxylic acids is 1. The van der Waals surface area contributed by atoms with E-state index < -0.39 is 11.4 Å². The average molecular weight is 330 g/mol. The summed E-state index contributed by atoms with van der Waals surface area (Å²) in [4.78, 5) is 28.6. The SMILES string of the molecule is C=CCN1C[C@H]2CN(C(=O)c3ccnnc3)CCC[C@@]2(C(=O)O)C1. The average Bonchev–Trinajstić information content (AvgIpc) is 2.82. The molecular weight excluding hydrogens is 308 g/mol. The standard InChI is InChI=1S/C17H22N4O3/c1-2-7-20-10-14-11-21(15(22)13-4-6-18-19-9-13)8-3-5-17(14,12-20)16(23)24/h2,4,6,9,14H,1,3,5,7-8,10-12H2,(H,23,24)/t14-,17+/m0/s1. The fraction of sp³-hybridized carbons (Fsp3) is 0.529. The normalized spacial score (nSPS) is 27.3. The Kier molecular flexibility index (Phi) is 4.62. The van der Waals surface area contributed by atoms with Crippen molar-refractivity contribution < 1.29 is 14.7 Å². The highest BCUT2D eigenvalue weighted by atomic mass is 16.4. The summed E-state index contributed by atoms with van der Waals surface area (Å²) in [5.74, 6) is -0.927. The van der Waals surface area contributed by atoms with Gasteiger partial charge in [-0.25, -0.2) is 0 Å². The maximum Gasteiger partial charge on any atom is 0.311 e. The predicted octanol–water partition coefficient (Wildman–Crippen LogP) is 0.901. The maximum absolute atomic E-state index is 12.7. The van der Waals surface area contributed by atoms with Gasteiger partial charge in [-0.3, -0.25) is 14.5 Å². The highest BCUT2D eigenvalue weighted by molar-refractivity contribution is 5.94. The molecule has 0 saturated carbocycles. The van der Waals surface area contributed by atoms with Crippen molar-refractivity contribution in [3.05, 3.63) is 36.7 Å². The Hall–Kier alpha value is -2.28. The van der Waals surface area contributed by atoms with Crippen LogP contribution in [0.15, 0.2) is 31.1 Å². The molecule has 0 spiro atoms. The molecule has 2 aliphatic heterocycles. The first-order valence-corrected chi connectivity index (χ1v) is 8.19. The molecule has 3 heterocycles. The van der Waals surface area contributed by atoms with Crippen molar-refractivity contribution in [3.8, 4) is 0 Å². The molecule has 0 aromatic carbocycles. The molecule has 2 atom stereocenters. The molecule has 7 nitrogen and oxygen atoms in total. The second kappa shape index (κ2) is 6.68. The Balaban J connectivity index is 1.82. The zero-order chi connectivity index (χ0) is 17.2. The van der Waals surface area contributed by atoms with E-state index in [1.165, 1.54) is 12.4 Å². The lowest BCUT2D eigenvalue weighted by molar-refractivity contribution is -0.150. The molecule has 128 valence electrons. The van der Waals surface area contributed by atoms with Crippen molar-refractivity contribution in [2.75, 3.05) is 32.7 Å². The van der Waals surface area contributed by atoms with E-state index in [4.69, 9.17) is 0 Å². The van der Waals surface area contributed by atoms with E-state index in [0.29, 0.717) is 51.1 Å². The number of fused-ring (bicyclic) bond motifs is 1. The summed E-state index contributed by atoms with van der Waals surface area (Å²) in [5, 5.41) is 17.3. The first-order chi connectivity index (χ1) is 11.6. The van der Waals surface area contributed by atoms with Gasteiger partial charge in [-0.15, -0.1) is 6.58 Å². The highest BCUT2D eigenvalue weighted by Crippen LogP contribution is 2.43. The minimum Gasteiger partial charge on any atom is -0.481 e. The molecule has 1 aromatic heterocycles. The van der Waals surface area contributed by atoms with Gasteiger partial charge in [0, 0.05) is 38.6 Å². The number of nitrogens with zero attached hydrogens (tertiary/aromatic N) is 4. The summed E-state index contributed by atoms with van der Waals surface area (Å²) in [7, 11) is 0. The van der Waals surface area contributed by atoms with Gasteiger partial charge in [0.05, 0.1) is 23.4 Å². The number of hydrogen-bond acceptors (Lipinski definition) is 5. The van der Waals surface area contributed by atoms with E-state index >= 15 is 0 Å². The highest BCUT2D eigenvalue weighted by Gasteiger charge is 2.53. The van der Waals surface area contributed by atoms with Gasteiger partial charge in [-0.05, 0) is 18.9 Å². The van der Waals surface area contributed by atoms with E-state index in [0.717, 1.165) is 0 Å². The fourth-order valence-electron chi connectivity index (χ4n) is 3.99. The lowest BCUT2D eigenvalue weighted by atomic mass is 9.75. The zero-order valence-electron chi connectivity index (χ0n) is 13.6. The van der Waals surface area contributed by atoms with Gasteiger partial charge in [0.15, 0.2) is 0 Å². The zero-order valence-corrected chi connectivity index (χ0v) is 13.6. The third kappa shape index (κ3) is 2.91. The van der Waals surface area contributed by atoms with Crippen LogP contribution in [0.5, 0.6) is 0 Å². The van der Waals surface area contributed by atoms with Crippen molar-refractivity contribution in [1.82, 2.24) is 20.0 Å². The van der Waals surface area contributed by atoms with Gasteiger partial charge >= 0.3 is 5.97 Å². The molecule has 0 radical (unpaired) electrons. The number of hydrogen-bond donors (Lipinski definition) is 1. The first kappa shape index (κ1) is 16.6. The van der Waals surface area contributed by atoms with Crippen molar-refractivity contribution in [2.24, 2.45) is 11.3 Å². The van der Waals surface area contributed by atoms with Crippen LogP contribution in [0.25, 0.3) is 0 Å². The summed E-state index contributed by atoms with van der Waals surface area (Å²) in [6.07, 6.45) is 6.03. The third-order valence-corrected chi connectivity index (χ3v) is 5.19. The monoisotopic (exact) mass is 330 g/mol. The van der Waals surface area contributed by atoms with Gasteiger partial charge < -0.3 is 10.0 Å². The summed E-state index contributed by atoms with van der Waals surface area (Å²) in [6.45, 7) is 6.66. The number of rotatable bonds is 4. The van der Waals surface area contributed by atoms with Gasteiger partial charge in [0.1, 0.15) is 0 Å². The van der Waals surface area contributed by atoms with E-state index in [9.17, 15) is 14.7 Å². The van der Waals surface area contributed by atoms with Gasteiger partial charge in [-0.2, -0.15) is 10.2 Å². The van der Waals surface area contributed by atoms with Crippen LogP contribution in [-0.2, 0) is 4.79 Å². The molecule has 0 unspecified atom stereocenters. The van der Waals surface area contributed by atoms with Crippen molar-refractivity contribution in [2.45, 2.75) is 12.8 Å². The minimum absolute atomic E-state index is 0.0730. The second-order valence-corrected chi connectivity index (χ2v) is 6.63. The smallest absolute Gasteiger partial charge is 0.311 e. The topological polar surface area (TPSA) is 86.6 Å². The third-order valence-electron chi connectivity index (χ3n) is 5.19. The van der Waals surface area contributed by atoms with Crippen LogP contribution in [-0.4, -0.2) is 69.7 Å². The van der Waals surface area contributed by atoms with Crippen molar-refractivity contribution in [1.29, 1.82) is 0 Å². The Morgan fingerprint density at radius 3 is 2.92 bits per heavy atom. The minimum atomic E-state index is -0.769. The predicted molar refractivity (Wildman–Crippen MR) is 87.4 cm³/mol. The van der Waals surface area contributed by atoms with E-state index in [1.54, 1.807) is 17.0 Å². The summed E-state index contributed by atoms with van der Waals surface area (Å²) >= 11 is 0. The summed E-state index contributed by atoms with van der Waals surface area (Å²) in [5.41, 5.74) is -0.275. The number of likely N-dealkylation sites (tertiary alicyclic amines) is 2. The lowest BCUT2D eigenvalue weighted by Crippen LogP contribution is -2.42. The number of aromatic nitrogens is 2. The number of carboxylic acids is 1. The molecular formula is C17H22N4O3. The lowest BCUT2D eigenvalue weighted by Gasteiger charge is -2.29. The molecule has 2 saturated heterocycles. The number of amides is 1. The van der Waals surface area contributed by atoms with Crippen molar-refractivity contribution in [3.63, 3.8) is 0 Å². The van der Waals surface area contributed by atoms with E-state index in [1.807, 2.05) is 0 Å². The fourth-order valence-corrected chi connectivity index (χ4v) is 3.99. The van der Waals surface area contributed by atoms with E-state index in [-0.39, 0.29) is 11.8 Å². The molecule has 1 amide bonds. The number of carbonyl (C=O) groups is 2. The van der Waals surface area contributed by atoms with E-state index in [2.05, 4.69) is 21.7 Å². The van der Waals surface area contributed by atoms with Crippen LogP contribution in [0.1, 0.15) is 23.2 Å². The molecule has 1 N–H and O–H groups in total. The van der Waals surface area contributed by atoms with Crippen LogP contribution < -0.4 is 0 Å². The number of carbonyl (C=O) groups excluding carboxylic acids is 1.